The lowest BCUT2D eigenvalue weighted by molar-refractivity contribution is 0.0524. The van der Waals surface area contributed by atoms with Gasteiger partial charge in [-0.25, -0.2) is 4.79 Å². The third kappa shape index (κ3) is 4.85. The molecule has 9 heteroatoms. The van der Waals surface area contributed by atoms with Crippen molar-refractivity contribution < 1.29 is 27.6 Å². The first-order chi connectivity index (χ1) is 8.20. The van der Waals surface area contributed by atoms with Crippen molar-refractivity contribution >= 4 is 61.3 Å². The first-order valence-corrected chi connectivity index (χ1v) is 8.27. The van der Waals surface area contributed by atoms with Crippen molar-refractivity contribution in [3.63, 3.8) is 0 Å². The van der Waals surface area contributed by atoms with E-state index in [1.165, 1.54) is 6.07 Å². The van der Waals surface area contributed by atoms with Gasteiger partial charge in [-0.1, -0.05) is 0 Å². The van der Waals surface area contributed by atoms with E-state index in [4.69, 9.17) is 4.55 Å². The molecule has 1 aromatic rings. The molecule has 0 saturated carbocycles. The molecular formula is C9H8I2O6S. The molecule has 1 rings (SSSR count). The molecule has 0 atom stereocenters. The van der Waals surface area contributed by atoms with Crippen LogP contribution in [0, 0.1) is 7.14 Å². The van der Waals surface area contributed by atoms with Gasteiger partial charge in [0.05, 0.1) is 3.57 Å². The summed E-state index contributed by atoms with van der Waals surface area (Å²) < 4.78 is 35.2. The van der Waals surface area contributed by atoms with E-state index >= 15 is 0 Å². The second-order valence-corrected chi connectivity index (χ2v) is 7.19. The van der Waals surface area contributed by atoms with Crippen LogP contribution < -0.4 is 0 Å². The zero-order chi connectivity index (χ0) is 13.9. The Kier molecular flexibility index (Phi) is 5.61. The van der Waals surface area contributed by atoms with E-state index in [-0.39, 0.29) is 11.3 Å². The van der Waals surface area contributed by atoms with Gasteiger partial charge >= 0.3 is 5.97 Å². The zero-order valence-electron chi connectivity index (χ0n) is 8.76. The predicted molar refractivity (Wildman–Crippen MR) is 80.2 cm³/mol. The minimum atomic E-state index is -4.17. The minimum Gasteiger partial charge on any atom is -0.506 e. The van der Waals surface area contributed by atoms with Gasteiger partial charge in [0.1, 0.15) is 23.7 Å². The predicted octanol–water partition coefficient (Wildman–Crippen LogP) is 1.65. The van der Waals surface area contributed by atoms with Crippen LogP contribution in [0.4, 0.5) is 0 Å². The fourth-order valence-corrected chi connectivity index (χ4v) is 3.18. The third-order valence-corrected chi connectivity index (χ3v) is 3.95. The summed E-state index contributed by atoms with van der Waals surface area (Å²) >= 11 is 3.83. The second-order valence-electron chi connectivity index (χ2n) is 3.21. The Hall–Kier alpha value is -0.140. The van der Waals surface area contributed by atoms with E-state index in [0.717, 1.165) is 3.57 Å². The maximum Gasteiger partial charge on any atom is 0.342 e. The molecule has 0 saturated heterocycles. The summed E-state index contributed by atoms with van der Waals surface area (Å²) in [6.45, 7) is -0.473. The molecule has 6 nitrogen and oxygen atoms in total. The zero-order valence-corrected chi connectivity index (χ0v) is 13.9. The summed E-state index contributed by atoms with van der Waals surface area (Å²) in [5.41, 5.74) is -0.0402. The number of hydrogen-bond acceptors (Lipinski definition) is 5. The van der Waals surface area contributed by atoms with Gasteiger partial charge in [0, 0.05) is 3.57 Å². The largest absolute Gasteiger partial charge is 0.506 e. The Morgan fingerprint density at radius 2 is 1.94 bits per heavy atom. The number of carbonyl (C=O) groups is 1. The summed E-state index contributed by atoms with van der Waals surface area (Å²) in [4.78, 5) is 11.6. The molecule has 0 aliphatic rings. The van der Waals surface area contributed by atoms with Crippen LogP contribution in [0.2, 0.25) is 0 Å². The Balaban J connectivity index is 2.79. The van der Waals surface area contributed by atoms with Crippen LogP contribution in [-0.2, 0) is 14.9 Å². The molecule has 0 unspecified atom stereocenters. The van der Waals surface area contributed by atoms with Crippen LogP contribution in [0.25, 0.3) is 0 Å². The molecular weight excluding hydrogens is 490 g/mol. The van der Waals surface area contributed by atoms with Crippen molar-refractivity contribution in [2.24, 2.45) is 0 Å². The van der Waals surface area contributed by atoms with Crippen molar-refractivity contribution in [3.8, 4) is 5.75 Å². The molecule has 0 aromatic heterocycles. The maximum absolute atomic E-state index is 11.6. The van der Waals surface area contributed by atoms with Gasteiger partial charge < -0.3 is 9.84 Å². The van der Waals surface area contributed by atoms with E-state index in [1.807, 2.05) is 45.2 Å². The standard InChI is InChI=1S/C9H8I2O6S/c10-5-3-6(8(12)7(11)4-5)9(13)17-1-2-18(14,15)16/h3-4,12H,1-2H2,(H,14,15,16). The molecule has 0 aliphatic carbocycles. The molecule has 0 heterocycles. The highest BCUT2D eigenvalue weighted by Gasteiger charge is 2.17. The SMILES string of the molecule is O=C(OCCS(=O)(=O)O)c1cc(I)cc(I)c1O. The van der Waals surface area contributed by atoms with Gasteiger partial charge in [-0.2, -0.15) is 8.42 Å². The smallest absolute Gasteiger partial charge is 0.342 e. The van der Waals surface area contributed by atoms with Crippen molar-refractivity contribution in [3.05, 3.63) is 24.8 Å². The molecule has 0 fully saturated rings. The average molecular weight is 498 g/mol. The van der Waals surface area contributed by atoms with Crippen molar-refractivity contribution in [1.29, 1.82) is 0 Å². The van der Waals surface area contributed by atoms with Gasteiger partial charge in [-0.05, 0) is 57.3 Å². The molecule has 0 spiro atoms. The molecule has 0 radical (unpaired) electrons. The summed E-state index contributed by atoms with van der Waals surface area (Å²) in [6, 6.07) is 3.10. The van der Waals surface area contributed by atoms with Crippen molar-refractivity contribution in [2.45, 2.75) is 0 Å². The fourth-order valence-electron chi connectivity index (χ4n) is 1.04. The monoisotopic (exact) mass is 498 g/mol. The minimum absolute atomic E-state index is 0.0402. The molecule has 18 heavy (non-hydrogen) atoms. The van der Waals surface area contributed by atoms with E-state index in [2.05, 4.69) is 4.74 Å². The number of carbonyl (C=O) groups excluding carboxylic acids is 1. The lowest BCUT2D eigenvalue weighted by Crippen LogP contribution is -2.15. The molecule has 0 bridgehead atoms. The van der Waals surface area contributed by atoms with E-state index < -0.39 is 28.4 Å². The Labute approximate surface area is 131 Å². The van der Waals surface area contributed by atoms with E-state index in [9.17, 15) is 18.3 Å². The molecule has 0 amide bonds. The average Bonchev–Trinajstić information content (AvgIpc) is 2.21. The van der Waals surface area contributed by atoms with Crippen LogP contribution in [0.15, 0.2) is 12.1 Å². The Morgan fingerprint density at radius 1 is 1.33 bits per heavy atom. The van der Waals surface area contributed by atoms with E-state index in [1.54, 1.807) is 6.07 Å². The lowest BCUT2D eigenvalue weighted by atomic mass is 10.2. The summed E-state index contributed by atoms with van der Waals surface area (Å²) in [5, 5.41) is 9.67. The number of halogens is 2. The number of ether oxygens (including phenoxy) is 1. The number of benzene rings is 1. The van der Waals surface area contributed by atoms with E-state index in [0.29, 0.717) is 3.57 Å². The topological polar surface area (TPSA) is 101 Å². The number of rotatable bonds is 4. The summed E-state index contributed by atoms with van der Waals surface area (Å²) in [6.07, 6.45) is 0. The highest BCUT2D eigenvalue weighted by molar-refractivity contribution is 14.1. The summed E-state index contributed by atoms with van der Waals surface area (Å²) in [7, 11) is -4.17. The van der Waals surface area contributed by atoms with Gasteiger partial charge in [-0.15, -0.1) is 0 Å². The van der Waals surface area contributed by atoms with Gasteiger partial charge in [0.25, 0.3) is 10.1 Å². The number of phenolic OH excluding ortho intramolecular Hbond substituents is 1. The van der Waals surface area contributed by atoms with Gasteiger partial charge in [0.15, 0.2) is 0 Å². The number of hydrogen-bond donors (Lipinski definition) is 2. The van der Waals surface area contributed by atoms with Crippen LogP contribution in [0.5, 0.6) is 5.75 Å². The normalized spacial score (nSPS) is 11.3. The molecule has 1 aromatic carbocycles. The lowest BCUT2D eigenvalue weighted by Gasteiger charge is -2.07. The molecule has 100 valence electrons. The van der Waals surface area contributed by atoms with Crippen molar-refractivity contribution in [2.75, 3.05) is 12.4 Å². The van der Waals surface area contributed by atoms with Gasteiger partial charge in [0.2, 0.25) is 0 Å². The number of esters is 1. The first-order valence-electron chi connectivity index (χ1n) is 4.51. The van der Waals surface area contributed by atoms with Gasteiger partial charge in [-0.3, -0.25) is 4.55 Å². The maximum atomic E-state index is 11.6. The molecule has 2 N–H and O–H groups in total. The van der Waals surface area contributed by atoms with Crippen LogP contribution >= 0.6 is 45.2 Å². The third-order valence-electron chi connectivity index (χ3n) is 1.82. The van der Waals surface area contributed by atoms with Crippen LogP contribution in [0.1, 0.15) is 10.4 Å². The van der Waals surface area contributed by atoms with Crippen LogP contribution in [0.3, 0.4) is 0 Å². The van der Waals surface area contributed by atoms with Crippen LogP contribution in [-0.4, -0.2) is 36.4 Å². The fraction of sp³-hybridized carbons (Fsp3) is 0.222. The molecule has 0 aliphatic heterocycles. The highest BCUT2D eigenvalue weighted by Crippen LogP contribution is 2.27. The Morgan fingerprint density at radius 3 is 2.50 bits per heavy atom. The number of aromatic hydroxyl groups is 1. The van der Waals surface area contributed by atoms with Crippen molar-refractivity contribution in [1.82, 2.24) is 0 Å². The second kappa shape index (κ2) is 6.34. The quantitative estimate of drug-likeness (QED) is 0.372. The highest BCUT2D eigenvalue weighted by atomic mass is 127. The first kappa shape index (κ1) is 15.9. The summed E-state index contributed by atoms with van der Waals surface area (Å²) in [5.74, 6) is -1.74. The number of phenols is 1. The Bertz CT molecular complexity index is 569.